The first-order valence-corrected chi connectivity index (χ1v) is 7.59. The maximum Gasteiger partial charge on any atom is 0.305 e. The highest BCUT2D eigenvalue weighted by Crippen LogP contribution is 2.21. The Morgan fingerprint density at radius 3 is 2.70 bits per heavy atom. The third-order valence-electron chi connectivity index (χ3n) is 2.97. The molecule has 0 saturated heterocycles. The number of nitrogens with one attached hydrogen (secondary N) is 1. The van der Waals surface area contributed by atoms with Crippen LogP contribution >= 0.6 is 15.9 Å². The molecular weight excluding hydrogens is 322 g/mol. The van der Waals surface area contributed by atoms with Crippen molar-refractivity contribution < 1.29 is 14.7 Å². The van der Waals surface area contributed by atoms with Crippen molar-refractivity contribution in [3.63, 3.8) is 0 Å². The lowest BCUT2D eigenvalue weighted by atomic mass is 10.0. The van der Waals surface area contributed by atoms with Crippen LogP contribution in [0, 0.1) is 0 Å². The Kier molecular flexibility index (Phi) is 7.30. The molecule has 0 saturated carbocycles. The number of carboxylic acid groups (broad SMARTS) is 1. The number of amides is 1. The van der Waals surface area contributed by atoms with Crippen LogP contribution in [0.4, 0.5) is 0 Å². The van der Waals surface area contributed by atoms with E-state index in [2.05, 4.69) is 28.2 Å². The highest BCUT2D eigenvalue weighted by molar-refractivity contribution is 9.10. The van der Waals surface area contributed by atoms with Crippen LogP contribution < -0.4 is 5.32 Å². The average molecular weight is 342 g/mol. The Bertz CT molecular complexity index is 462. The average Bonchev–Trinajstić information content (AvgIpc) is 2.38. The third-order valence-corrected chi connectivity index (χ3v) is 3.47. The maximum absolute atomic E-state index is 11.9. The van der Waals surface area contributed by atoms with E-state index < -0.39 is 12.0 Å². The lowest BCUT2D eigenvalue weighted by molar-refractivity contribution is -0.137. The lowest BCUT2D eigenvalue weighted by Crippen LogP contribution is -2.30. The van der Waals surface area contributed by atoms with Gasteiger partial charge < -0.3 is 10.4 Å². The number of halogens is 1. The van der Waals surface area contributed by atoms with Crippen LogP contribution in [0.3, 0.4) is 0 Å². The van der Waals surface area contributed by atoms with Gasteiger partial charge in [-0.2, -0.15) is 0 Å². The summed E-state index contributed by atoms with van der Waals surface area (Å²) in [5, 5.41) is 11.8. The second-order valence-electron chi connectivity index (χ2n) is 4.73. The van der Waals surface area contributed by atoms with Gasteiger partial charge in [-0.1, -0.05) is 47.8 Å². The van der Waals surface area contributed by atoms with Crippen LogP contribution in [0.1, 0.15) is 50.6 Å². The van der Waals surface area contributed by atoms with Crippen LogP contribution in [0.25, 0.3) is 0 Å². The molecular formula is C15H20BrNO3. The molecule has 5 heteroatoms. The Morgan fingerprint density at radius 2 is 2.10 bits per heavy atom. The number of hydrogen-bond acceptors (Lipinski definition) is 2. The molecule has 1 aromatic carbocycles. The zero-order chi connectivity index (χ0) is 15.0. The maximum atomic E-state index is 11.9. The first kappa shape index (κ1) is 16.7. The molecule has 4 nitrogen and oxygen atoms in total. The molecule has 0 aliphatic heterocycles. The van der Waals surface area contributed by atoms with E-state index in [-0.39, 0.29) is 12.3 Å². The number of unbranched alkanes of at least 4 members (excludes halogenated alkanes) is 2. The topological polar surface area (TPSA) is 66.4 Å². The predicted octanol–water partition coefficient (Wildman–Crippen LogP) is 3.66. The zero-order valence-corrected chi connectivity index (χ0v) is 13.1. The fourth-order valence-electron chi connectivity index (χ4n) is 1.95. The summed E-state index contributed by atoms with van der Waals surface area (Å²) in [6.07, 6.45) is 3.22. The van der Waals surface area contributed by atoms with E-state index in [0.717, 1.165) is 29.3 Å². The summed E-state index contributed by atoms with van der Waals surface area (Å²) in [7, 11) is 0. The van der Waals surface area contributed by atoms with Crippen LogP contribution in [0.2, 0.25) is 0 Å². The molecule has 0 aromatic heterocycles. The molecule has 2 N–H and O–H groups in total. The van der Waals surface area contributed by atoms with Gasteiger partial charge in [0.25, 0.3) is 0 Å². The van der Waals surface area contributed by atoms with Gasteiger partial charge in [0.05, 0.1) is 12.5 Å². The van der Waals surface area contributed by atoms with Crippen molar-refractivity contribution in [2.24, 2.45) is 0 Å². The molecule has 110 valence electrons. The fourth-order valence-corrected chi connectivity index (χ4v) is 2.37. The Hall–Kier alpha value is -1.36. The minimum Gasteiger partial charge on any atom is -0.481 e. The summed E-state index contributed by atoms with van der Waals surface area (Å²) in [4.78, 5) is 22.8. The van der Waals surface area contributed by atoms with E-state index >= 15 is 0 Å². The van der Waals surface area contributed by atoms with Crippen LogP contribution in [0.15, 0.2) is 28.7 Å². The van der Waals surface area contributed by atoms with Gasteiger partial charge >= 0.3 is 5.97 Å². The molecule has 0 fully saturated rings. The molecule has 0 aliphatic rings. The molecule has 1 aromatic rings. The largest absolute Gasteiger partial charge is 0.481 e. The summed E-state index contributed by atoms with van der Waals surface area (Å²) in [6, 6.07) is 6.87. The van der Waals surface area contributed by atoms with Crippen molar-refractivity contribution in [1.29, 1.82) is 0 Å². The van der Waals surface area contributed by atoms with Crippen LogP contribution in [0.5, 0.6) is 0 Å². The van der Waals surface area contributed by atoms with Crippen molar-refractivity contribution in [3.8, 4) is 0 Å². The minimum absolute atomic E-state index is 0.0929. The van der Waals surface area contributed by atoms with Gasteiger partial charge in [-0.3, -0.25) is 9.59 Å². The number of hydrogen-bond donors (Lipinski definition) is 2. The summed E-state index contributed by atoms with van der Waals surface area (Å²) in [5.41, 5.74) is 0.797. The van der Waals surface area contributed by atoms with Crippen LogP contribution in [-0.2, 0) is 9.59 Å². The summed E-state index contributed by atoms with van der Waals surface area (Å²) < 4.78 is 0.866. The van der Waals surface area contributed by atoms with Gasteiger partial charge in [-0.25, -0.2) is 0 Å². The summed E-state index contributed by atoms with van der Waals surface area (Å²) >= 11 is 3.35. The number of aliphatic carboxylic acids is 1. The molecule has 20 heavy (non-hydrogen) atoms. The minimum atomic E-state index is -0.927. The van der Waals surface area contributed by atoms with E-state index in [0.29, 0.717) is 6.42 Å². The number of carbonyl (C=O) groups excluding carboxylic acids is 1. The van der Waals surface area contributed by atoms with Crippen molar-refractivity contribution in [3.05, 3.63) is 34.3 Å². The van der Waals surface area contributed by atoms with Gasteiger partial charge in [-0.05, 0) is 24.1 Å². The van der Waals surface area contributed by atoms with Crippen molar-refractivity contribution >= 4 is 27.8 Å². The van der Waals surface area contributed by atoms with Gasteiger partial charge in [-0.15, -0.1) is 0 Å². The van der Waals surface area contributed by atoms with Gasteiger partial charge in [0.15, 0.2) is 0 Å². The molecule has 1 unspecified atom stereocenters. The summed E-state index contributed by atoms with van der Waals surface area (Å²) in [5.74, 6) is -1.02. The number of rotatable bonds is 8. The van der Waals surface area contributed by atoms with Crippen molar-refractivity contribution in [2.45, 2.75) is 45.1 Å². The third kappa shape index (κ3) is 6.19. The standard InChI is InChI=1S/C15H20BrNO3/c1-2-3-4-8-14(18)17-13(10-15(19)20)11-6-5-7-12(16)9-11/h5-7,9,13H,2-4,8,10H2,1H3,(H,17,18)(H,19,20). The first-order chi connectivity index (χ1) is 9.52. The van der Waals surface area contributed by atoms with E-state index in [4.69, 9.17) is 5.11 Å². The van der Waals surface area contributed by atoms with Crippen LogP contribution in [-0.4, -0.2) is 17.0 Å². The van der Waals surface area contributed by atoms with E-state index in [1.54, 1.807) is 0 Å². The first-order valence-electron chi connectivity index (χ1n) is 6.79. The fraction of sp³-hybridized carbons (Fsp3) is 0.467. The Labute approximate surface area is 127 Å². The number of carbonyl (C=O) groups is 2. The zero-order valence-electron chi connectivity index (χ0n) is 11.6. The van der Waals surface area contributed by atoms with Gasteiger partial charge in [0.1, 0.15) is 0 Å². The molecule has 1 amide bonds. The van der Waals surface area contributed by atoms with Gasteiger partial charge in [0, 0.05) is 10.9 Å². The quantitative estimate of drug-likeness (QED) is 0.709. The van der Waals surface area contributed by atoms with Crippen molar-refractivity contribution in [2.75, 3.05) is 0 Å². The number of benzene rings is 1. The molecule has 0 aliphatic carbocycles. The molecule has 1 atom stereocenters. The monoisotopic (exact) mass is 341 g/mol. The Balaban J connectivity index is 2.69. The van der Waals surface area contributed by atoms with E-state index in [1.807, 2.05) is 24.3 Å². The second-order valence-corrected chi connectivity index (χ2v) is 5.65. The smallest absolute Gasteiger partial charge is 0.305 e. The molecule has 0 heterocycles. The van der Waals surface area contributed by atoms with Crippen molar-refractivity contribution in [1.82, 2.24) is 5.32 Å². The van der Waals surface area contributed by atoms with E-state index in [9.17, 15) is 9.59 Å². The highest BCUT2D eigenvalue weighted by Gasteiger charge is 2.18. The predicted molar refractivity (Wildman–Crippen MR) is 81.4 cm³/mol. The lowest BCUT2D eigenvalue weighted by Gasteiger charge is -2.17. The van der Waals surface area contributed by atoms with E-state index in [1.165, 1.54) is 0 Å². The molecule has 0 spiro atoms. The van der Waals surface area contributed by atoms with Gasteiger partial charge in [0.2, 0.25) is 5.91 Å². The Morgan fingerprint density at radius 1 is 1.35 bits per heavy atom. The second kappa shape index (κ2) is 8.74. The normalized spacial score (nSPS) is 11.9. The molecule has 1 rings (SSSR count). The number of carboxylic acids is 1. The molecule has 0 bridgehead atoms. The SMILES string of the molecule is CCCCCC(=O)NC(CC(=O)O)c1cccc(Br)c1. The molecule has 0 radical (unpaired) electrons. The summed E-state index contributed by atoms with van der Waals surface area (Å²) in [6.45, 7) is 2.08. The highest BCUT2D eigenvalue weighted by atomic mass is 79.9.